The highest BCUT2D eigenvalue weighted by molar-refractivity contribution is 6.39. The highest BCUT2D eigenvalue weighted by atomic mass is 35.5. The molecule has 0 unspecified atom stereocenters. The summed E-state index contributed by atoms with van der Waals surface area (Å²) in [5.41, 5.74) is 3.33. The third-order valence-corrected chi connectivity index (χ3v) is 5.62. The quantitative estimate of drug-likeness (QED) is 0.419. The fourth-order valence-corrected chi connectivity index (χ4v) is 3.78. The molecule has 7 heteroatoms. The Morgan fingerprint density at radius 3 is 2.45 bits per heavy atom. The van der Waals surface area contributed by atoms with E-state index in [2.05, 4.69) is 5.32 Å². The predicted molar refractivity (Wildman–Crippen MR) is 127 cm³/mol. The number of urea groups is 1. The van der Waals surface area contributed by atoms with Crippen LogP contribution in [0.4, 0.5) is 10.5 Å². The van der Waals surface area contributed by atoms with Crippen LogP contribution in [0.2, 0.25) is 5.02 Å². The number of halogens is 1. The largest absolute Gasteiger partial charge is 0.488 e. The van der Waals surface area contributed by atoms with E-state index in [0.29, 0.717) is 22.0 Å². The molecule has 1 aliphatic heterocycles. The lowest BCUT2D eigenvalue weighted by Gasteiger charge is -2.27. The molecule has 1 saturated heterocycles. The van der Waals surface area contributed by atoms with Gasteiger partial charge < -0.3 is 4.74 Å². The maximum Gasteiger partial charge on any atom is 0.335 e. The Morgan fingerprint density at radius 2 is 1.70 bits per heavy atom. The van der Waals surface area contributed by atoms with Crippen LogP contribution in [0.1, 0.15) is 22.3 Å². The minimum Gasteiger partial charge on any atom is -0.488 e. The Kier molecular flexibility index (Phi) is 6.29. The second-order valence-electron chi connectivity index (χ2n) is 7.67. The molecule has 4 amide bonds. The number of anilines is 1. The molecule has 3 aromatic carbocycles. The number of nitrogens with one attached hydrogen (secondary N) is 1. The standard InChI is InChI=1S/C26H21ClN2O4/c1-16-11-12-22(17(2)13-16)29-25(31)20(24(30)28-26(29)32)14-18-7-4-6-10-23(18)33-15-19-8-3-5-9-21(19)27/h3-14H,15H2,1-2H3,(H,28,30,32)/b20-14+. The first-order valence-corrected chi connectivity index (χ1v) is 10.7. The van der Waals surface area contributed by atoms with Gasteiger partial charge in [-0.15, -0.1) is 0 Å². The van der Waals surface area contributed by atoms with E-state index in [0.717, 1.165) is 21.6 Å². The van der Waals surface area contributed by atoms with Gasteiger partial charge in [-0.05, 0) is 43.7 Å². The normalized spacial score (nSPS) is 15.1. The maximum atomic E-state index is 13.2. The zero-order chi connectivity index (χ0) is 23.5. The number of para-hydroxylation sites is 1. The van der Waals surface area contributed by atoms with Crippen LogP contribution >= 0.6 is 11.6 Å². The van der Waals surface area contributed by atoms with Gasteiger partial charge in [-0.3, -0.25) is 14.9 Å². The monoisotopic (exact) mass is 460 g/mol. The van der Waals surface area contributed by atoms with Crippen LogP contribution in [0, 0.1) is 13.8 Å². The summed E-state index contributed by atoms with van der Waals surface area (Å²) in [7, 11) is 0. The fourth-order valence-electron chi connectivity index (χ4n) is 3.59. The van der Waals surface area contributed by atoms with Crippen LogP contribution in [0.25, 0.3) is 6.08 Å². The minimum atomic E-state index is -0.780. The van der Waals surface area contributed by atoms with Crippen LogP contribution in [-0.4, -0.2) is 17.8 Å². The zero-order valence-corrected chi connectivity index (χ0v) is 18.8. The molecule has 1 aliphatic rings. The van der Waals surface area contributed by atoms with Crippen molar-refractivity contribution >= 4 is 41.2 Å². The molecule has 0 radical (unpaired) electrons. The molecule has 1 fully saturated rings. The van der Waals surface area contributed by atoms with E-state index in [4.69, 9.17) is 16.3 Å². The molecule has 0 saturated carbocycles. The molecule has 1 heterocycles. The van der Waals surface area contributed by atoms with E-state index >= 15 is 0 Å². The van der Waals surface area contributed by atoms with Crippen molar-refractivity contribution in [1.82, 2.24) is 5.32 Å². The van der Waals surface area contributed by atoms with Crippen molar-refractivity contribution in [3.63, 3.8) is 0 Å². The number of amides is 4. The number of carbonyl (C=O) groups is 3. The fraction of sp³-hybridized carbons (Fsp3) is 0.115. The molecule has 0 aliphatic carbocycles. The topological polar surface area (TPSA) is 75.7 Å². The first-order valence-electron chi connectivity index (χ1n) is 10.3. The molecule has 0 bridgehead atoms. The maximum absolute atomic E-state index is 13.2. The van der Waals surface area contributed by atoms with Gasteiger partial charge in [0.05, 0.1) is 5.69 Å². The van der Waals surface area contributed by atoms with Crippen molar-refractivity contribution in [3.05, 3.63) is 99.6 Å². The van der Waals surface area contributed by atoms with Crippen molar-refractivity contribution in [2.24, 2.45) is 0 Å². The van der Waals surface area contributed by atoms with E-state index < -0.39 is 17.8 Å². The molecule has 166 valence electrons. The molecule has 0 spiro atoms. The van der Waals surface area contributed by atoms with Gasteiger partial charge in [-0.2, -0.15) is 0 Å². The van der Waals surface area contributed by atoms with Gasteiger partial charge in [0.25, 0.3) is 11.8 Å². The van der Waals surface area contributed by atoms with Crippen molar-refractivity contribution in [1.29, 1.82) is 0 Å². The Morgan fingerprint density at radius 1 is 0.970 bits per heavy atom. The smallest absolute Gasteiger partial charge is 0.335 e. The van der Waals surface area contributed by atoms with E-state index in [-0.39, 0.29) is 12.2 Å². The summed E-state index contributed by atoms with van der Waals surface area (Å²) in [4.78, 5) is 39.3. The van der Waals surface area contributed by atoms with E-state index in [9.17, 15) is 14.4 Å². The van der Waals surface area contributed by atoms with Crippen LogP contribution < -0.4 is 15.0 Å². The number of carbonyl (C=O) groups excluding carboxylic acids is 3. The first-order chi connectivity index (χ1) is 15.8. The number of hydrogen-bond acceptors (Lipinski definition) is 4. The number of barbiturate groups is 1. The minimum absolute atomic E-state index is 0.164. The van der Waals surface area contributed by atoms with Crippen LogP contribution in [-0.2, 0) is 16.2 Å². The van der Waals surface area contributed by atoms with Crippen molar-refractivity contribution in [2.75, 3.05) is 4.90 Å². The van der Waals surface area contributed by atoms with Gasteiger partial charge in [0.2, 0.25) is 0 Å². The SMILES string of the molecule is Cc1ccc(N2C(=O)NC(=O)/C(=C\c3ccccc3OCc3ccccc3Cl)C2=O)c(C)c1. The molecular formula is C26H21ClN2O4. The molecule has 0 aromatic heterocycles. The van der Waals surface area contributed by atoms with E-state index in [1.807, 2.05) is 31.2 Å². The van der Waals surface area contributed by atoms with E-state index in [1.165, 1.54) is 6.08 Å². The van der Waals surface area contributed by atoms with Crippen molar-refractivity contribution < 1.29 is 19.1 Å². The Balaban J connectivity index is 1.67. The van der Waals surface area contributed by atoms with Gasteiger partial charge in [0.15, 0.2) is 0 Å². The average Bonchev–Trinajstić information content (AvgIpc) is 2.78. The average molecular weight is 461 g/mol. The van der Waals surface area contributed by atoms with Gasteiger partial charge in [-0.25, -0.2) is 9.69 Å². The summed E-state index contributed by atoms with van der Waals surface area (Å²) in [5.74, 6) is -0.982. The van der Waals surface area contributed by atoms with Gasteiger partial charge in [0, 0.05) is 16.1 Å². The third kappa shape index (κ3) is 4.66. The van der Waals surface area contributed by atoms with Gasteiger partial charge in [0.1, 0.15) is 17.9 Å². The summed E-state index contributed by atoms with van der Waals surface area (Å²) in [5, 5.41) is 2.84. The number of ether oxygens (including phenoxy) is 1. The number of rotatable bonds is 5. The summed E-state index contributed by atoms with van der Waals surface area (Å²) in [6.45, 7) is 3.94. The van der Waals surface area contributed by atoms with Crippen LogP contribution in [0.15, 0.2) is 72.3 Å². The molecule has 4 rings (SSSR count). The molecule has 6 nitrogen and oxygen atoms in total. The molecular weight excluding hydrogens is 440 g/mol. The zero-order valence-electron chi connectivity index (χ0n) is 18.1. The molecule has 1 N–H and O–H groups in total. The number of nitrogens with zero attached hydrogens (tertiary/aromatic N) is 1. The lowest BCUT2D eigenvalue weighted by molar-refractivity contribution is -0.122. The van der Waals surface area contributed by atoms with Crippen LogP contribution in [0.3, 0.4) is 0 Å². The highest BCUT2D eigenvalue weighted by Crippen LogP contribution is 2.28. The predicted octanol–water partition coefficient (Wildman–Crippen LogP) is 5.20. The second-order valence-corrected chi connectivity index (χ2v) is 8.07. The molecule has 3 aromatic rings. The lowest BCUT2D eigenvalue weighted by Crippen LogP contribution is -2.54. The number of imide groups is 2. The molecule has 0 atom stereocenters. The number of hydrogen-bond donors (Lipinski definition) is 1. The summed E-state index contributed by atoms with van der Waals surface area (Å²) in [6.07, 6.45) is 1.43. The summed E-state index contributed by atoms with van der Waals surface area (Å²) < 4.78 is 5.93. The Bertz CT molecular complexity index is 1300. The second kappa shape index (κ2) is 9.30. The lowest BCUT2D eigenvalue weighted by atomic mass is 10.0. The number of aryl methyl sites for hydroxylation is 2. The van der Waals surface area contributed by atoms with E-state index in [1.54, 1.807) is 49.4 Å². The third-order valence-electron chi connectivity index (χ3n) is 5.25. The van der Waals surface area contributed by atoms with Crippen molar-refractivity contribution in [2.45, 2.75) is 20.5 Å². The van der Waals surface area contributed by atoms with Crippen LogP contribution in [0.5, 0.6) is 5.75 Å². The van der Waals surface area contributed by atoms with Gasteiger partial charge >= 0.3 is 6.03 Å². The highest BCUT2D eigenvalue weighted by Gasteiger charge is 2.37. The molecule has 33 heavy (non-hydrogen) atoms. The first kappa shape index (κ1) is 22.3. The van der Waals surface area contributed by atoms with Gasteiger partial charge in [-0.1, -0.05) is 65.7 Å². The summed E-state index contributed by atoms with van der Waals surface area (Å²) >= 11 is 6.21. The summed E-state index contributed by atoms with van der Waals surface area (Å²) in [6, 6.07) is 18.9. The Labute approximate surface area is 196 Å². The Hall–Kier alpha value is -3.90. The van der Waals surface area contributed by atoms with Crippen molar-refractivity contribution in [3.8, 4) is 5.75 Å². The number of benzene rings is 3.